The number of nitrogens with one attached hydrogen (secondary N) is 1. The fraction of sp³-hybridized carbons (Fsp3) is 0.438. The van der Waals surface area contributed by atoms with Crippen molar-refractivity contribution in [2.24, 2.45) is 7.05 Å². The first kappa shape index (κ1) is 13.8. The number of nitrogens with zero attached hydrogens (tertiary/aromatic N) is 2. The molecule has 3 nitrogen and oxygen atoms in total. The van der Waals surface area contributed by atoms with Gasteiger partial charge in [-0.25, -0.2) is 0 Å². The Morgan fingerprint density at radius 1 is 1.21 bits per heavy atom. The Labute approximate surface area is 115 Å². The molecule has 0 saturated carbocycles. The van der Waals surface area contributed by atoms with Crippen molar-refractivity contribution in [3.05, 3.63) is 52.8 Å². The van der Waals surface area contributed by atoms with Crippen molar-refractivity contribution in [3.63, 3.8) is 0 Å². The first-order valence-electron chi connectivity index (χ1n) is 6.82. The van der Waals surface area contributed by atoms with E-state index >= 15 is 0 Å². The van der Waals surface area contributed by atoms with Gasteiger partial charge in [0, 0.05) is 25.0 Å². The molecule has 0 saturated heterocycles. The number of aryl methyl sites for hydroxylation is 4. The summed E-state index contributed by atoms with van der Waals surface area (Å²) in [6, 6.07) is 9.26. The molecule has 19 heavy (non-hydrogen) atoms. The SMILES string of the molecule is CNC(CCc1ccnn1C)c1cc(C)cc(C)c1. The number of hydrogen-bond acceptors (Lipinski definition) is 2. The summed E-state index contributed by atoms with van der Waals surface area (Å²) in [5.74, 6) is 0. The van der Waals surface area contributed by atoms with Crippen molar-refractivity contribution >= 4 is 0 Å². The normalized spacial score (nSPS) is 12.6. The maximum atomic E-state index is 4.22. The predicted octanol–water partition coefficient (Wildman–Crippen LogP) is 2.93. The highest BCUT2D eigenvalue weighted by Crippen LogP contribution is 2.21. The van der Waals surface area contributed by atoms with Crippen molar-refractivity contribution in [2.75, 3.05) is 7.05 Å². The zero-order valence-corrected chi connectivity index (χ0v) is 12.3. The zero-order chi connectivity index (χ0) is 13.8. The largest absolute Gasteiger partial charge is 0.313 e. The molecule has 0 radical (unpaired) electrons. The van der Waals surface area contributed by atoms with Crippen LogP contribution in [-0.2, 0) is 13.5 Å². The Morgan fingerprint density at radius 3 is 2.42 bits per heavy atom. The fourth-order valence-corrected chi connectivity index (χ4v) is 2.63. The number of hydrogen-bond donors (Lipinski definition) is 1. The highest BCUT2D eigenvalue weighted by atomic mass is 15.2. The van der Waals surface area contributed by atoms with Gasteiger partial charge in [0.1, 0.15) is 0 Å². The van der Waals surface area contributed by atoms with Gasteiger partial charge < -0.3 is 5.32 Å². The van der Waals surface area contributed by atoms with Crippen LogP contribution in [0.15, 0.2) is 30.5 Å². The number of benzene rings is 1. The maximum Gasteiger partial charge on any atom is 0.0492 e. The molecule has 0 bridgehead atoms. The van der Waals surface area contributed by atoms with Gasteiger partial charge in [0.15, 0.2) is 0 Å². The third kappa shape index (κ3) is 3.44. The number of rotatable bonds is 5. The van der Waals surface area contributed by atoms with E-state index in [0.717, 1.165) is 12.8 Å². The van der Waals surface area contributed by atoms with Crippen LogP contribution in [0.5, 0.6) is 0 Å². The van der Waals surface area contributed by atoms with Crippen LogP contribution in [-0.4, -0.2) is 16.8 Å². The van der Waals surface area contributed by atoms with Crippen molar-refractivity contribution in [2.45, 2.75) is 32.7 Å². The van der Waals surface area contributed by atoms with E-state index in [9.17, 15) is 0 Å². The van der Waals surface area contributed by atoms with Crippen LogP contribution in [0.4, 0.5) is 0 Å². The topological polar surface area (TPSA) is 29.9 Å². The van der Waals surface area contributed by atoms with E-state index in [1.807, 2.05) is 25.0 Å². The van der Waals surface area contributed by atoms with Gasteiger partial charge in [0.2, 0.25) is 0 Å². The molecule has 102 valence electrons. The molecule has 0 fully saturated rings. The Bertz CT molecular complexity index is 522. The van der Waals surface area contributed by atoms with Crippen LogP contribution in [0.3, 0.4) is 0 Å². The highest BCUT2D eigenvalue weighted by molar-refractivity contribution is 5.30. The summed E-state index contributed by atoms with van der Waals surface area (Å²) in [4.78, 5) is 0. The van der Waals surface area contributed by atoms with E-state index in [1.54, 1.807) is 0 Å². The van der Waals surface area contributed by atoms with E-state index in [-0.39, 0.29) is 0 Å². The lowest BCUT2D eigenvalue weighted by atomic mass is 9.97. The lowest BCUT2D eigenvalue weighted by Crippen LogP contribution is -2.18. The van der Waals surface area contributed by atoms with Crippen LogP contribution in [0, 0.1) is 13.8 Å². The van der Waals surface area contributed by atoms with Crippen LogP contribution >= 0.6 is 0 Å². The lowest BCUT2D eigenvalue weighted by molar-refractivity contribution is 0.535. The zero-order valence-electron chi connectivity index (χ0n) is 12.3. The van der Waals surface area contributed by atoms with E-state index in [4.69, 9.17) is 0 Å². The molecule has 1 heterocycles. The molecule has 2 rings (SSSR count). The second-order valence-corrected chi connectivity index (χ2v) is 5.25. The minimum Gasteiger partial charge on any atom is -0.313 e. The molecule has 1 unspecified atom stereocenters. The third-order valence-electron chi connectivity index (χ3n) is 3.61. The Kier molecular flexibility index (Phi) is 4.38. The summed E-state index contributed by atoms with van der Waals surface area (Å²) < 4.78 is 1.95. The van der Waals surface area contributed by atoms with Crippen LogP contribution < -0.4 is 5.32 Å². The van der Waals surface area contributed by atoms with Gasteiger partial charge in [-0.3, -0.25) is 4.68 Å². The van der Waals surface area contributed by atoms with Crippen molar-refractivity contribution in [1.82, 2.24) is 15.1 Å². The molecule has 0 aliphatic carbocycles. The van der Waals surface area contributed by atoms with Crippen LogP contribution in [0.25, 0.3) is 0 Å². The summed E-state index contributed by atoms with van der Waals surface area (Å²) in [7, 11) is 4.03. The molecule has 0 spiro atoms. The molecular weight excluding hydrogens is 234 g/mol. The monoisotopic (exact) mass is 257 g/mol. The van der Waals surface area contributed by atoms with Crippen molar-refractivity contribution in [1.29, 1.82) is 0 Å². The molecule has 0 amide bonds. The van der Waals surface area contributed by atoms with E-state index in [0.29, 0.717) is 6.04 Å². The predicted molar refractivity (Wildman–Crippen MR) is 79.2 cm³/mol. The lowest BCUT2D eigenvalue weighted by Gasteiger charge is -2.18. The van der Waals surface area contributed by atoms with Gasteiger partial charge in [-0.1, -0.05) is 29.3 Å². The Morgan fingerprint density at radius 2 is 1.89 bits per heavy atom. The summed E-state index contributed by atoms with van der Waals surface area (Å²) in [5.41, 5.74) is 5.32. The molecule has 1 N–H and O–H groups in total. The molecule has 1 atom stereocenters. The highest BCUT2D eigenvalue weighted by Gasteiger charge is 2.11. The molecule has 1 aromatic heterocycles. The van der Waals surface area contributed by atoms with Gasteiger partial charge in [-0.05, 0) is 45.4 Å². The summed E-state index contributed by atoms with van der Waals surface area (Å²) in [6.07, 6.45) is 3.98. The average Bonchev–Trinajstić information content (AvgIpc) is 2.75. The quantitative estimate of drug-likeness (QED) is 0.892. The molecule has 0 aliphatic heterocycles. The molecular formula is C16H23N3. The smallest absolute Gasteiger partial charge is 0.0492 e. The van der Waals surface area contributed by atoms with Gasteiger partial charge in [-0.2, -0.15) is 5.10 Å². The maximum absolute atomic E-state index is 4.22. The standard InChI is InChI=1S/C16H23N3/c1-12-9-13(2)11-14(10-12)16(17-3)6-5-15-7-8-18-19(15)4/h7-11,16-17H,5-6H2,1-4H3. The molecule has 0 aliphatic rings. The van der Waals surface area contributed by atoms with Gasteiger partial charge in [0.05, 0.1) is 0 Å². The van der Waals surface area contributed by atoms with E-state index in [1.165, 1.54) is 22.4 Å². The number of aromatic nitrogens is 2. The summed E-state index contributed by atoms with van der Waals surface area (Å²) in [5, 5.41) is 7.64. The first-order valence-corrected chi connectivity index (χ1v) is 6.82. The average molecular weight is 257 g/mol. The second kappa shape index (κ2) is 6.02. The van der Waals surface area contributed by atoms with Gasteiger partial charge in [0.25, 0.3) is 0 Å². The van der Waals surface area contributed by atoms with Crippen molar-refractivity contribution < 1.29 is 0 Å². The fourth-order valence-electron chi connectivity index (χ4n) is 2.63. The minimum absolute atomic E-state index is 0.397. The Hall–Kier alpha value is -1.61. The van der Waals surface area contributed by atoms with Crippen molar-refractivity contribution in [3.8, 4) is 0 Å². The van der Waals surface area contributed by atoms with E-state index < -0.39 is 0 Å². The second-order valence-electron chi connectivity index (χ2n) is 5.25. The van der Waals surface area contributed by atoms with Gasteiger partial charge in [-0.15, -0.1) is 0 Å². The molecule has 1 aromatic carbocycles. The van der Waals surface area contributed by atoms with E-state index in [2.05, 4.69) is 48.5 Å². The summed E-state index contributed by atoms with van der Waals surface area (Å²) in [6.45, 7) is 4.31. The molecule has 2 aromatic rings. The minimum atomic E-state index is 0.397. The molecule has 3 heteroatoms. The first-order chi connectivity index (χ1) is 9.10. The van der Waals surface area contributed by atoms with Crippen LogP contribution in [0.2, 0.25) is 0 Å². The van der Waals surface area contributed by atoms with Gasteiger partial charge >= 0.3 is 0 Å². The Balaban J connectivity index is 2.09. The summed E-state index contributed by atoms with van der Waals surface area (Å²) >= 11 is 0. The third-order valence-corrected chi connectivity index (χ3v) is 3.61. The van der Waals surface area contributed by atoms with Crippen LogP contribution in [0.1, 0.15) is 34.8 Å².